The number of hydrogen-bond acceptors (Lipinski definition) is 9. The lowest BCUT2D eigenvalue weighted by atomic mass is 10.1. The van der Waals surface area contributed by atoms with Crippen LogP contribution in [0.5, 0.6) is 0 Å². The van der Waals surface area contributed by atoms with Gasteiger partial charge in [-0.05, 0) is 0 Å². The monoisotopic (exact) mass is 305 g/mol. The molecule has 2 rings (SSSR count). The summed E-state index contributed by atoms with van der Waals surface area (Å²) in [6.07, 6.45) is -3.90. The molecule has 1 aliphatic heterocycles. The lowest BCUT2D eigenvalue weighted by Crippen LogP contribution is -2.35. The number of nitrogens with zero attached hydrogens (tertiary/aromatic N) is 4. The van der Waals surface area contributed by atoms with Crippen LogP contribution in [-0.2, 0) is 19.2 Å². The van der Waals surface area contributed by atoms with Gasteiger partial charge < -0.3 is 14.9 Å². The summed E-state index contributed by atoms with van der Waals surface area (Å²) in [5.74, 6) is -0.139. The van der Waals surface area contributed by atoms with E-state index < -0.39 is 41.5 Å². The van der Waals surface area contributed by atoms with E-state index in [9.17, 15) is 18.6 Å². The van der Waals surface area contributed by atoms with Crippen LogP contribution in [0.15, 0.2) is 6.33 Å². The first-order valence-electron chi connectivity index (χ1n) is 5.32. The predicted molar refractivity (Wildman–Crippen MR) is 59.7 cm³/mol. The molecule has 0 amide bonds. The van der Waals surface area contributed by atoms with E-state index in [1.54, 1.807) is 6.07 Å². The molecular formula is C8H11N5O6S. The SMILES string of the molecule is N#Cc1ncn([C@@H]2O[C@H](COS(N)(=O)=O)[C@@H](O)[C@H]2O)n1. The van der Waals surface area contributed by atoms with Gasteiger partial charge in [-0.15, -0.1) is 5.10 Å². The highest BCUT2D eigenvalue weighted by Gasteiger charge is 2.44. The minimum absolute atomic E-state index is 0.139. The Morgan fingerprint density at radius 3 is 2.80 bits per heavy atom. The number of ether oxygens (including phenoxy) is 1. The summed E-state index contributed by atoms with van der Waals surface area (Å²) in [5, 5.41) is 36.5. The van der Waals surface area contributed by atoms with Crippen molar-refractivity contribution in [1.82, 2.24) is 14.8 Å². The van der Waals surface area contributed by atoms with Crippen molar-refractivity contribution in [2.24, 2.45) is 5.14 Å². The molecule has 1 saturated heterocycles. The zero-order chi connectivity index (χ0) is 14.9. The van der Waals surface area contributed by atoms with Crippen molar-refractivity contribution in [3.63, 3.8) is 0 Å². The van der Waals surface area contributed by atoms with Crippen LogP contribution in [0.25, 0.3) is 0 Å². The summed E-state index contributed by atoms with van der Waals surface area (Å²) >= 11 is 0. The van der Waals surface area contributed by atoms with Gasteiger partial charge in [0.2, 0.25) is 0 Å². The number of hydrogen-bond donors (Lipinski definition) is 3. The Hall–Kier alpha value is -1.62. The standard InChI is InChI=1S/C8H11N5O6S/c9-1-5-11-3-13(12-5)8-7(15)6(14)4(19-8)2-18-20(10,16)17/h3-4,6-8,14-15H,2H2,(H2,10,16,17)/t4-,6-,7-,8-/m1/s1. The Morgan fingerprint density at radius 2 is 2.25 bits per heavy atom. The third-order valence-electron chi connectivity index (χ3n) is 2.60. The molecule has 1 aliphatic rings. The van der Waals surface area contributed by atoms with E-state index in [1.165, 1.54) is 0 Å². The molecule has 4 N–H and O–H groups in total. The Morgan fingerprint density at radius 1 is 1.55 bits per heavy atom. The smallest absolute Gasteiger partial charge is 0.333 e. The van der Waals surface area contributed by atoms with E-state index in [0.717, 1.165) is 11.0 Å². The fourth-order valence-electron chi connectivity index (χ4n) is 1.70. The number of aliphatic hydroxyl groups is 2. The predicted octanol–water partition coefficient (Wildman–Crippen LogP) is -3.01. The molecule has 0 aromatic carbocycles. The fourth-order valence-corrected chi connectivity index (χ4v) is 2.02. The number of aromatic nitrogens is 3. The lowest BCUT2D eigenvalue weighted by Gasteiger charge is -2.13. The second-order valence-electron chi connectivity index (χ2n) is 3.98. The van der Waals surface area contributed by atoms with E-state index in [4.69, 9.17) is 10.00 Å². The van der Waals surface area contributed by atoms with Gasteiger partial charge in [0.1, 0.15) is 30.7 Å². The van der Waals surface area contributed by atoms with E-state index >= 15 is 0 Å². The Balaban J connectivity index is 2.08. The maximum Gasteiger partial charge on any atom is 0.333 e. The van der Waals surface area contributed by atoms with Crippen LogP contribution in [-0.4, -0.2) is 58.3 Å². The van der Waals surface area contributed by atoms with Crippen molar-refractivity contribution >= 4 is 10.3 Å². The molecule has 0 spiro atoms. The maximum atomic E-state index is 10.7. The van der Waals surface area contributed by atoms with Gasteiger partial charge >= 0.3 is 10.3 Å². The van der Waals surface area contributed by atoms with Gasteiger partial charge in [0.15, 0.2) is 6.23 Å². The summed E-state index contributed by atoms with van der Waals surface area (Å²) in [4.78, 5) is 3.62. The topological polar surface area (TPSA) is 174 Å². The molecule has 110 valence electrons. The van der Waals surface area contributed by atoms with Gasteiger partial charge in [-0.2, -0.15) is 13.7 Å². The molecule has 0 saturated carbocycles. The molecule has 11 nitrogen and oxygen atoms in total. The molecule has 0 radical (unpaired) electrons. The van der Waals surface area contributed by atoms with Gasteiger partial charge in [-0.1, -0.05) is 0 Å². The van der Waals surface area contributed by atoms with E-state index in [1.807, 2.05) is 0 Å². The first-order chi connectivity index (χ1) is 9.31. The van der Waals surface area contributed by atoms with E-state index in [0.29, 0.717) is 0 Å². The first kappa shape index (κ1) is 14.8. The highest BCUT2D eigenvalue weighted by atomic mass is 32.2. The fraction of sp³-hybridized carbons (Fsp3) is 0.625. The van der Waals surface area contributed by atoms with Crippen LogP contribution < -0.4 is 5.14 Å². The van der Waals surface area contributed by atoms with Gasteiger partial charge in [0.25, 0.3) is 5.82 Å². The quantitative estimate of drug-likeness (QED) is 0.523. The van der Waals surface area contributed by atoms with Crippen LogP contribution in [0.4, 0.5) is 0 Å². The molecule has 1 aromatic heterocycles. The van der Waals surface area contributed by atoms with Crippen LogP contribution in [0, 0.1) is 11.3 Å². The molecule has 0 aliphatic carbocycles. The molecule has 1 fully saturated rings. The summed E-state index contributed by atoms with van der Waals surface area (Å²) in [6, 6.07) is 1.69. The third kappa shape index (κ3) is 3.10. The Labute approximate surface area is 113 Å². The summed E-state index contributed by atoms with van der Waals surface area (Å²) in [5.41, 5.74) is 0. The molecular weight excluding hydrogens is 294 g/mol. The molecule has 4 atom stereocenters. The van der Waals surface area contributed by atoms with Gasteiger partial charge in [-0.25, -0.2) is 14.8 Å². The molecule has 12 heteroatoms. The normalized spacial score (nSPS) is 30.3. The third-order valence-corrected chi connectivity index (χ3v) is 3.07. The molecule has 0 unspecified atom stereocenters. The first-order valence-corrected chi connectivity index (χ1v) is 6.79. The molecule has 20 heavy (non-hydrogen) atoms. The van der Waals surface area contributed by atoms with Gasteiger partial charge in [-0.3, -0.25) is 4.18 Å². The van der Waals surface area contributed by atoms with Crippen LogP contribution >= 0.6 is 0 Å². The molecule has 2 heterocycles. The highest BCUT2D eigenvalue weighted by Crippen LogP contribution is 2.28. The van der Waals surface area contributed by atoms with Crippen molar-refractivity contribution in [3.8, 4) is 6.07 Å². The van der Waals surface area contributed by atoms with E-state index in [2.05, 4.69) is 19.4 Å². The summed E-state index contributed by atoms with van der Waals surface area (Å²) in [7, 11) is -4.19. The summed E-state index contributed by atoms with van der Waals surface area (Å²) < 4.78 is 31.9. The van der Waals surface area contributed by atoms with Gasteiger partial charge in [0.05, 0.1) is 6.61 Å². The second-order valence-corrected chi connectivity index (χ2v) is 5.20. The minimum atomic E-state index is -4.19. The lowest BCUT2D eigenvalue weighted by molar-refractivity contribution is -0.0549. The number of aliphatic hydroxyl groups excluding tert-OH is 2. The Bertz CT molecular complexity index is 624. The zero-order valence-electron chi connectivity index (χ0n) is 9.90. The van der Waals surface area contributed by atoms with Crippen molar-refractivity contribution in [1.29, 1.82) is 5.26 Å². The largest absolute Gasteiger partial charge is 0.387 e. The number of rotatable bonds is 4. The van der Waals surface area contributed by atoms with Crippen LogP contribution in [0.3, 0.4) is 0 Å². The van der Waals surface area contributed by atoms with E-state index in [-0.39, 0.29) is 5.82 Å². The van der Waals surface area contributed by atoms with Crippen LogP contribution in [0.1, 0.15) is 12.1 Å². The van der Waals surface area contributed by atoms with Crippen molar-refractivity contribution < 1.29 is 27.6 Å². The highest BCUT2D eigenvalue weighted by molar-refractivity contribution is 7.84. The number of nitriles is 1. The second kappa shape index (κ2) is 5.40. The van der Waals surface area contributed by atoms with Crippen molar-refractivity contribution in [2.45, 2.75) is 24.5 Å². The van der Waals surface area contributed by atoms with Gasteiger partial charge in [0, 0.05) is 0 Å². The zero-order valence-corrected chi connectivity index (χ0v) is 10.7. The van der Waals surface area contributed by atoms with Crippen LogP contribution in [0.2, 0.25) is 0 Å². The summed E-state index contributed by atoms with van der Waals surface area (Å²) in [6.45, 7) is -0.562. The minimum Gasteiger partial charge on any atom is -0.387 e. The van der Waals surface area contributed by atoms with Crippen molar-refractivity contribution in [2.75, 3.05) is 6.61 Å². The average molecular weight is 305 g/mol. The molecule has 1 aromatic rings. The number of nitrogens with two attached hydrogens (primary N) is 1. The Kier molecular flexibility index (Phi) is 3.99. The maximum absolute atomic E-state index is 10.7. The average Bonchev–Trinajstić information content (AvgIpc) is 2.94. The molecule has 0 bridgehead atoms. The van der Waals surface area contributed by atoms with Crippen molar-refractivity contribution in [3.05, 3.63) is 12.2 Å².